The molecule has 7 nitrogen and oxygen atoms in total. The van der Waals surface area contributed by atoms with Gasteiger partial charge in [-0.3, -0.25) is 20.0 Å². The molecule has 0 spiro atoms. The summed E-state index contributed by atoms with van der Waals surface area (Å²) in [6, 6.07) is 13.2. The maximum Gasteiger partial charge on any atom is 0.273 e. The Morgan fingerprint density at radius 3 is 2.30 bits per heavy atom. The van der Waals surface area contributed by atoms with Crippen LogP contribution < -0.4 is 19.9 Å². The van der Waals surface area contributed by atoms with Crippen molar-refractivity contribution >= 4 is 17.6 Å². The van der Waals surface area contributed by atoms with Gasteiger partial charge < -0.3 is 14.4 Å². The molecular weight excluding hydrogens is 344 g/mol. The number of aliphatic imine (C=N–C) groups is 1. The van der Waals surface area contributed by atoms with Gasteiger partial charge in [0.2, 0.25) is 0 Å². The van der Waals surface area contributed by atoms with E-state index in [1.165, 1.54) is 0 Å². The average molecular weight is 366 g/mol. The first kappa shape index (κ1) is 18.3. The van der Waals surface area contributed by atoms with Crippen molar-refractivity contribution in [2.75, 3.05) is 33.2 Å². The van der Waals surface area contributed by atoms with Crippen molar-refractivity contribution in [3.05, 3.63) is 58.4 Å². The molecule has 0 aliphatic carbocycles. The standard InChI is InChI=1S/C20H22N4O3/c1-24(2)15-8-6-14(7-9-15)21-12-16-19(22-23-20(16)25)13-5-10-17(26-3)18(11-13)27-4/h5-12H,1-4H3,(H2,22,23,25). The van der Waals surface area contributed by atoms with Gasteiger partial charge in [-0.05, 0) is 42.5 Å². The molecule has 140 valence electrons. The number of aromatic nitrogens is 2. The van der Waals surface area contributed by atoms with Gasteiger partial charge in [0.15, 0.2) is 11.5 Å². The van der Waals surface area contributed by atoms with Crippen LogP contribution in [0.15, 0.2) is 52.3 Å². The van der Waals surface area contributed by atoms with E-state index in [1.807, 2.05) is 49.3 Å². The summed E-state index contributed by atoms with van der Waals surface area (Å²) >= 11 is 0. The number of nitrogens with zero attached hydrogens (tertiary/aromatic N) is 2. The molecule has 2 N–H and O–H groups in total. The molecule has 0 aliphatic rings. The van der Waals surface area contributed by atoms with Crippen molar-refractivity contribution in [1.82, 2.24) is 10.2 Å². The topological polar surface area (TPSA) is 82.7 Å². The van der Waals surface area contributed by atoms with Gasteiger partial charge in [0, 0.05) is 31.6 Å². The molecule has 27 heavy (non-hydrogen) atoms. The molecule has 1 heterocycles. The zero-order valence-corrected chi connectivity index (χ0v) is 15.7. The van der Waals surface area contributed by atoms with E-state index in [1.54, 1.807) is 32.6 Å². The molecule has 0 aliphatic heterocycles. The molecule has 3 aromatic rings. The number of benzene rings is 2. The summed E-state index contributed by atoms with van der Waals surface area (Å²) in [5.41, 5.74) is 3.47. The second kappa shape index (κ2) is 7.82. The van der Waals surface area contributed by atoms with E-state index < -0.39 is 0 Å². The predicted molar refractivity (Wildman–Crippen MR) is 108 cm³/mol. The number of H-pyrrole nitrogens is 2. The lowest BCUT2D eigenvalue weighted by Crippen LogP contribution is -2.07. The highest BCUT2D eigenvalue weighted by Gasteiger charge is 2.13. The van der Waals surface area contributed by atoms with Crippen LogP contribution in [0.5, 0.6) is 11.5 Å². The van der Waals surface area contributed by atoms with E-state index in [4.69, 9.17) is 9.47 Å². The Labute approximate surface area is 157 Å². The van der Waals surface area contributed by atoms with Gasteiger partial charge in [0.25, 0.3) is 5.56 Å². The third-order valence-corrected chi connectivity index (χ3v) is 4.20. The van der Waals surface area contributed by atoms with E-state index in [2.05, 4.69) is 15.2 Å². The summed E-state index contributed by atoms with van der Waals surface area (Å²) < 4.78 is 10.6. The summed E-state index contributed by atoms with van der Waals surface area (Å²) in [6.45, 7) is 0. The molecule has 7 heteroatoms. The molecule has 0 atom stereocenters. The van der Waals surface area contributed by atoms with Crippen LogP contribution >= 0.6 is 0 Å². The zero-order valence-electron chi connectivity index (χ0n) is 15.7. The SMILES string of the molecule is COc1ccc(-c2[nH][nH]c(=O)c2C=Nc2ccc(N(C)C)cc2)cc1OC. The number of ether oxygens (including phenoxy) is 2. The monoisotopic (exact) mass is 366 g/mol. The lowest BCUT2D eigenvalue weighted by molar-refractivity contribution is 0.355. The zero-order chi connectivity index (χ0) is 19.4. The van der Waals surface area contributed by atoms with Crippen LogP contribution in [0, 0.1) is 0 Å². The van der Waals surface area contributed by atoms with Crippen molar-refractivity contribution in [2.45, 2.75) is 0 Å². The highest BCUT2D eigenvalue weighted by Crippen LogP contribution is 2.32. The van der Waals surface area contributed by atoms with Crippen molar-refractivity contribution in [1.29, 1.82) is 0 Å². The fourth-order valence-electron chi connectivity index (χ4n) is 2.69. The maximum atomic E-state index is 12.2. The number of aromatic amines is 2. The largest absolute Gasteiger partial charge is 0.493 e. The van der Waals surface area contributed by atoms with Crippen LogP contribution in [0.2, 0.25) is 0 Å². The van der Waals surface area contributed by atoms with E-state index in [0.29, 0.717) is 22.8 Å². The first-order chi connectivity index (χ1) is 13.0. The van der Waals surface area contributed by atoms with Crippen LogP contribution in [0.25, 0.3) is 11.3 Å². The minimum Gasteiger partial charge on any atom is -0.493 e. The fourth-order valence-corrected chi connectivity index (χ4v) is 2.69. The molecule has 3 rings (SSSR count). The molecule has 0 amide bonds. The highest BCUT2D eigenvalue weighted by atomic mass is 16.5. The Hall–Kier alpha value is -3.48. The molecular formula is C20H22N4O3. The van der Waals surface area contributed by atoms with Crippen molar-refractivity contribution < 1.29 is 9.47 Å². The quantitative estimate of drug-likeness (QED) is 0.656. The highest BCUT2D eigenvalue weighted by molar-refractivity contribution is 5.90. The first-order valence-corrected chi connectivity index (χ1v) is 8.38. The van der Waals surface area contributed by atoms with E-state index in [0.717, 1.165) is 16.9 Å². The van der Waals surface area contributed by atoms with Gasteiger partial charge in [-0.2, -0.15) is 0 Å². The summed E-state index contributed by atoms with van der Waals surface area (Å²) in [5, 5.41) is 5.52. The summed E-state index contributed by atoms with van der Waals surface area (Å²) in [6.07, 6.45) is 1.56. The average Bonchev–Trinajstić information content (AvgIpc) is 3.06. The Kier molecular flexibility index (Phi) is 5.30. The van der Waals surface area contributed by atoms with Gasteiger partial charge in [-0.15, -0.1) is 0 Å². The van der Waals surface area contributed by atoms with Crippen molar-refractivity contribution in [3.63, 3.8) is 0 Å². The Morgan fingerprint density at radius 1 is 0.963 bits per heavy atom. The van der Waals surface area contributed by atoms with Crippen LogP contribution in [-0.4, -0.2) is 44.7 Å². The molecule has 0 radical (unpaired) electrons. The first-order valence-electron chi connectivity index (χ1n) is 8.38. The number of nitrogens with one attached hydrogen (secondary N) is 2. The number of methoxy groups -OCH3 is 2. The molecule has 0 saturated heterocycles. The van der Waals surface area contributed by atoms with Gasteiger partial charge in [-0.1, -0.05) is 0 Å². The minimum atomic E-state index is -0.242. The van der Waals surface area contributed by atoms with Gasteiger partial charge >= 0.3 is 0 Å². The molecule has 0 bridgehead atoms. The van der Waals surface area contributed by atoms with Crippen molar-refractivity contribution in [2.24, 2.45) is 4.99 Å². The lowest BCUT2D eigenvalue weighted by atomic mass is 10.1. The third kappa shape index (κ3) is 3.87. The molecule has 0 unspecified atom stereocenters. The second-order valence-corrected chi connectivity index (χ2v) is 6.11. The molecule has 1 aromatic heterocycles. The minimum absolute atomic E-state index is 0.242. The Balaban J connectivity index is 1.94. The Bertz CT molecular complexity index is 1000. The summed E-state index contributed by atoms with van der Waals surface area (Å²) in [5.74, 6) is 1.20. The number of hydrogen-bond acceptors (Lipinski definition) is 5. The summed E-state index contributed by atoms with van der Waals surface area (Å²) in [7, 11) is 7.11. The van der Waals surface area contributed by atoms with E-state index in [-0.39, 0.29) is 5.56 Å². The number of rotatable bonds is 6. The second-order valence-electron chi connectivity index (χ2n) is 6.11. The smallest absolute Gasteiger partial charge is 0.273 e. The normalized spacial score (nSPS) is 11.0. The van der Waals surface area contributed by atoms with Gasteiger partial charge in [0.1, 0.15) is 0 Å². The maximum absolute atomic E-state index is 12.2. The van der Waals surface area contributed by atoms with E-state index in [9.17, 15) is 4.79 Å². The van der Waals surface area contributed by atoms with E-state index >= 15 is 0 Å². The van der Waals surface area contributed by atoms with Crippen molar-refractivity contribution in [3.8, 4) is 22.8 Å². The third-order valence-electron chi connectivity index (χ3n) is 4.20. The Morgan fingerprint density at radius 2 is 1.67 bits per heavy atom. The van der Waals surface area contributed by atoms with Crippen LogP contribution in [0.4, 0.5) is 11.4 Å². The molecule has 0 saturated carbocycles. The lowest BCUT2D eigenvalue weighted by Gasteiger charge is -2.11. The summed E-state index contributed by atoms with van der Waals surface area (Å²) in [4.78, 5) is 18.7. The van der Waals surface area contributed by atoms with Gasteiger partial charge in [-0.25, -0.2) is 0 Å². The van der Waals surface area contributed by atoms with Crippen LogP contribution in [-0.2, 0) is 0 Å². The van der Waals surface area contributed by atoms with Gasteiger partial charge in [0.05, 0.1) is 31.2 Å². The van der Waals surface area contributed by atoms with Crippen LogP contribution in [0.3, 0.4) is 0 Å². The number of hydrogen-bond donors (Lipinski definition) is 2. The molecule has 2 aromatic carbocycles. The fraction of sp³-hybridized carbons (Fsp3) is 0.200. The van der Waals surface area contributed by atoms with Crippen LogP contribution in [0.1, 0.15) is 5.56 Å². The molecule has 0 fully saturated rings. The number of anilines is 1. The predicted octanol–water partition coefficient (Wildman–Crippen LogP) is 3.20.